The Morgan fingerprint density at radius 1 is 1.15 bits per heavy atom. The van der Waals surface area contributed by atoms with Crippen LogP contribution in [0.3, 0.4) is 0 Å². The van der Waals surface area contributed by atoms with Gasteiger partial charge in [0.1, 0.15) is 0 Å². The first kappa shape index (κ1) is 6.02. The van der Waals surface area contributed by atoms with E-state index in [1.807, 2.05) is 0 Å². The lowest BCUT2D eigenvalue weighted by Gasteiger charge is -3.11. The Balaban J connectivity index is 1.59. The molecular formula is C10H11NO2. The van der Waals surface area contributed by atoms with E-state index in [2.05, 4.69) is 0 Å². The van der Waals surface area contributed by atoms with E-state index in [0.29, 0.717) is 6.42 Å². The van der Waals surface area contributed by atoms with Crippen molar-refractivity contribution in [3.63, 3.8) is 0 Å². The fraction of sp³-hybridized carbons (Fsp3) is 0.900. The van der Waals surface area contributed by atoms with Crippen LogP contribution in [0.5, 0.6) is 0 Å². The molecule has 13 heavy (non-hydrogen) atoms. The van der Waals surface area contributed by atoms with Gasteiger partial charge in [0, 0.05) is 5.54 Å². The average Bonchev–Trinajstić information content (AvgIpc) is 2.10. The zero-order valence-electron chi connectivity index (χ0n) is 7.10. The molecule has 3 nitrogen and oxygen atoms in total. The molecule has 6 saturated carbocycles. The van der Waals surface area contributed by atoms with Gasteiger partial charge in [0.2, 0.25) is 0 Å². The highest BCUT2D eigenvalue weighted by atomic mass is 16.4. The number of aliphatic carboxylic acids is 1. The first-order chi connectivity index (χ1) is 6.15. The second kappa shape index (κ2) is 1.11. The number of carboxylic acids is 1. The van der Waals surface area contributed by atoms with Crippen molar-refractivity contribution in [2.45, 2.75) is 12.0 Å². The van der Waals surface area contributed by atoms with Crippen molar-refractivity contribution in [2.24, 2.45) is 46.7 Å². The fourth-order valence-corrected chi connectivity index (χ4v) is 6.45. The van der Waals surface area contributed by atoms with E-state index in [1.165, 1.54) is 0 Å². The number of nitrogens with two attached hydrogens (primary N) is 1. The monoisotopic (exact) mass is 177 g/mol. The van der Waals surface area contributed by atoms with Crippen molar-refractivity contribution in [3.8, 4) is 0 Å². The first-order valence-corrected chi connectivity index (χ1v) is 5.16. The van der Waals surface area contributed by atoms with Gasteiger partial charge in [0.15, 0.2) is 0 Å². The predicted molar refractivity (Wildman–Crippen MR) is 42.5 cm³/mol. The summed E-state index contributed by atoms with van der Waals surface area (Å²) < 4.78 is 0. The van der Waals surface area contributed by atoms with E-state index < -0.39 is 5.97 Å². The quantitative estimate of drug-likeness (QED) is 0.619. The third-order valence-electron chi connectivity index (χ3n) is 6.37. The second-order valence-electron chi connectivity index (χ2n) is 5.84. The first-order valence-electron chi connectivity index (χ1n) is 5.16. The van der Waals surface area contributed by atoms with Gasteiger partial charge in [-0.2, -0.15) is 0 Å². The van der Waals surface area contributed by atoms with Crippen molar-refractivity contribution >= 4 is 5.97 Å². The summed E-state index contributed by atoms with van der Waals surface area (Å²) in [6, 6.07) is 0. The Morgan fingerprint density at radius 2 is 1.62 bits per heavy atom. The van der Waals surface area contributed by atoms with Crippen molar-refractivity contribution in [2.75, 3.05) is 0 Å². The van der Waals surface area contributed by atoms with Gasteiger partial charge >= 0.3 is 5.97 Å². The lowest BCUT2D eigenvalue weighted by atomic mass is 8.94. The molecule has 3 heteroatoms. The van der Waals surface area contributed by atoms with Gasteiger partial charge in [-0.25, -0.2) is 0 Å². The minimum absolute atomic E-state index is 0.236. The molecule has 6 rings (SSSR count). The molecule has 0 heterocycles. The van der Waals surface area contributed by atoms with Gasteiger partial charge in [-0.05, 0) is 40.9 Å². The third kappa shape index (κ3) is 0.245. The molecule has 0 radical (unpaired) electrons. The Hall–Kier alpha value is -0.570. The van der Waals surface area contributed by atoms with Crippen LogP contribution in [-0.4, -0.2) is 16.6 Å². The summed E-state index contributed by atoms with van der Waals surface area (Å²) in [5.41, 5.74) is 6.75. The minimum atomic E-state index is -0.596. The highest BCUT2D eigenvalue weighted by Crippen LogP contribution is 3.07. The molecule has 0 aliphatic heterocycles. The number of carbonyl (C=O) groups is 1. The fourth-order valence-electron chi connectivity index (χ4n) is 6.45. The Labute approximate surface area is 75.3 Å². The smallest absolute Gasteiger partial charge is 0.303 e. The normalized spacial score (nSPS) is 82.2. The van der Waals surface area contributed by atoms with Crippen LogP contribution < -0.4 is 5.73 Å². The maximum atomic E-state index is 10.7. The molecule has 0 amide bonds. The lowest BCUT2D eigenvalue weighted by molar-refractivity contribution is -0.619. The number of hydrogen-bond donors (Lipinski definition) is 2. The van der Waals surface area contributed by atoms with Crippen molar-refractivity contribution in [1.29, 1.82) is 0 Å². The maximum Gasteiger partial charge on any atom is 0.303 e. The largest absolute Gasteiger partial charge is 0.481 e. The Morgan fingerprint density at radius 3 is 2.00 bits per heavy atom. The third-order valence-corrected chi connectivity index (χ3v) is 6.37. The number of rotatable bonds is 2. The predicted octanol–water partition coefficient (Wildman–Crippen LogP) is -0.0898. The van der Waals surface area contributed by atoms with E-state index in [1.54, 1.807) is 0 Å². The SMILES string of the molecule is NC12C3C4C1C1C2C3C41CC(=O)O. The van der Waals surface area contributed by atoms with Gasteiger partial charge in [-0.15, -0.1) is 0 Å². The molecule has 6 aliphatic carbocycles. The van der Waals surface area contributed by atoms with E-state index in [0.717, 1.165) is 35.5 Å². The van der Waals surface area contributed by atoms with E-state index in [-0.39, 0.29) is 11.0 Å². The molecule has 0 spiro atoms. The Bertz CT molecular complexity index is 335. The molecular weight excluding hydrogens is 166 g/mol. The van der Waals surface area contributed by atoms with Crippen LogP contribution >= 0.6 is 0 Å². The summed E-state index contributed by atoms with van der Waals surface area (Å²) in [6.45, 7) is 0. The maximum absolute atomic E-state index is 10.7. The van der Waals surface area contributed by atoms with Gasteiger partial charge in [-0.3, -0.25) is 4.79 Å². The summed E-state index contributed by atoms with van der Waals surface area (Å²) >= 11 is 0. The zero-order valence-corrected chi connectivity index (χ0v) is 7.10. The van der Waals surface area contributed by atoms with Crippen molar-refractivity contribution in [3.05, 3.63) is 0 Å². The standard InChI is InChI=1S/C10H11NO2/c11-10-6-3-7(10)5-8(10)4(6)9(3,5)1-2(12)13/h3-8H,1,11H2,(H,12,13). The molecule has 0 bridgehead atoms. The molecule has 0 unspecified atom stereocenters. The van der Waals surface area contributed by atoms with Gasteiger partial charge in [0.25, 0.3) is 0 Å². The van der Waals surface area contributed by atoms with Crippen molar-refractivity contribution in [1.82, 2.24) is 0 Å². The molecule has 3 N–H and O–H groups in total. The van der Waals surface area contributed by atoms with Gasteiger partial charge in [0.05, 0.1) is 6.42 Å². The second-order valence-corrected chi connectivity index (χ2v) is 5.84. The van der Waals surface area contributed by atoms with Crippen molar-refractivity contribution < 1.29 is 9.90 Å². The molecule has 0 atom stereocenters. The van der Waals surface area contributed by atoms with Gasteiger partial charge < -0.3 is 10.8 Å². The van der Waals surface area contributed by atoms with Crippen LogP contribution in [0.25, 0.3) is 0 Å². The van der Waals surface area contributed by atoms with E-state index in [4.69, 9.17) is 10.8 Å². The van der Waals surface area contributed by atoms with Crippen LogP contribution in [-0.2, 0) is 4.79 Å². The van der Waals surface area contributed by atoms with Crippen LogP contribution in [0.1, 0.15) is 6.42 Å². The molecule has 0 aromatic carbocycles. The van der Waals surface area contributed by atoms with Crippen LogP contribution in [0.4, 0.5) is 0 Å². The molecule has 68 valence electrons. The zero-order chi connectivity index (χ0) is 8.75. The summed E-state index contributed by atoms with van der Waals surface area (Å²) in [4.78, 5) is 10.7. The minimum Gasteiger partial charge on any atom is -0.481 e. The number of carboxylic acid groups (broad SMARTS) is 1. The van der Waals surface area contributed by atoms with Crippen LogP contribution in [0, 0.1) is 40.9 Å². The Kier molecular flexibility index (Phi) is 0.515. The number of hydrogen-bond acceptors (Lipinski definition) is 2. The summed E-state index contributed by atoms with van der Waals surface area (Å²) in [6.07, 6.45) is 0.437. The molecule has 0 saturated heterocycles. The topological polar surface area (TPSA) is 63.3 Å². The highest BCUT2D eigenvalue weighted by molar-refractivity contribution is 5.72. The highest BCUT2D eigenvalue weighted by Gasteiger charge is 3.08. The van der Waals surface area contributed by atoms with E-state index in [9.17, 15) is 4.79 Å². The van der Waals surface area contributed by atoms with Crippen LogP contribution in [0.2, 0.25) is 0 Å². The molecule has 6 fully saturated rings. The average molecular weight is 177 g/mol. The summed E-state index contributed by atoms with van der Waals surface area (Å²) in [5.74, 6) is 3.91. The van der Waals surface area contributed by atoms with Crippen LogP contribution in [0.15, 0.2) is 0 Å². The summed E-state index contributed by atoms with van der Waals surface area (Å²) in [7, 11) is 0. The molecule has 6 aliphatic rings. The molecule has 0 aromatic rings. The molecule has 0 aromatic heterocycles. The summed E-state index contributed by atoms with van der Waals surface area (Å²) in [5, 5.41) is 8.85. The van der Waals surface area contributed by atoms with E-state index >= 15 is 0 Å². The lowest BCUT2D eigenvalue weighted by Crippen LogP contribution is -3.14. The van der Waals surface area contributed by atoms with Gasteiger partial charge in [-0.1, -0.05) is 0 Å².